The topological polar surface area (TPSA) is 179 Å². The van der Waals surface area contributed by atoms with Crippen LogP contribution in [-0.2, 0) is 19.1 Å². The molecule has 3 aromatic carbocycles. The summed E-state index contributed by atoms with van der Waals surface area (Å²) in [5, 5.41) is 4.06. The standard InChI is InChI=1S/C43H50N8O6/c1-24(2)36(48-42(54)56-5)40(52)50-20-7-8-34(50)38-44-23-33(47-38)29-15-13-27(14-16-29)26-9-11-28(12-10-26)30-17-18-31-32(22-30)46-39(45-31)35-19-21-51(35)41(53)37(25(3)4)49-43(55)57-6/h9-18,22-25,34-37H,7-8,19-21H2,1-6H3,(H,44,47)(H,45,46)(H,48,54)(H,49,55)/p+1. The number of alkyl carbamates (subject to hydrolysis) is 1. The summed E-state index contributed by atoms with van der Waals surface area (Å²) in [6.07, 6.45) is 3.14. The van der Waals surface area contributed by atoms with E-state index in [1.165, 1.54) is 19.5 Å². The molecule has 5 aromatic rings. The van der Waals surface area contributed by atoms with Crippen LogP contribution < -0.4 is 10.6 Å². The number of H-pyrrole nitrogens is 2. The summed E-state index contributed by atoms with van der Waals surface area (Å²) in [6.45, 7) is 8.87. The molecule has 2 saturated heterocycles. The SMILES string of the molecule is COC(=O)NC(C(=O)N1CCC1c1nc2ccc(-c3ccc(-c4ccc(-c5cnc(C6CCCN6C(=O)C([NH2+]C(=O)OC)C(C)C)[nH]5)cc4)cc3)cc2[nH]1)C(C)C. The fraction of sp³-hybridized carbons (Fsp3) is 0.395. The summed E-state index contributed by atoms with van der Waals surface area (Å²) in [6, 6.07) is 21.3. The minimum atomic E-state index is -0.681. The summed E-state index contributed by atoms with van der Waals surface area (Å²) in [5.74, 6) is 1.10. The number of imidazole rings is 2. The minimum absolute atomic E-state index is 0.0477. The van der Waals surface area contributed by atoms with E-state index < -0.39 is 24.3 Å². The number of aromatic amines is 2. The number of nitrogens with two attached hydrogens (primary N) is 1. The summed E-state index contributed by atoms with van der Waals surface area (Å²) in [5.41, 5.74) is 7.84. The van der Waals surface area contributed by atoms with Crippen molar-refractivity contribution in [3.63, 3.8) is 0 Å². The molecule has 7 rings (SSSR count). The second-order valence-electron chi connectivity index (χ2n) is 15.5. The maximum Gasteiger partial charge on any atom is 0.513 e. The highest BCUT2D eigenvalue weighted by Gasteiger charge is 2.41. The van der Waals surface area contributed by atoms with Gasteiger partial charge in [0.2, 0.25) is 5.91 Å². The van der Waals surface area contributed by atoms with Gasteiger partial charge in [-0.2, -0.15) is 4.79 Å². The van der Waals surface area contributed by atoms with Crippen molar-refractivity contribution in [2.45, 2.75) is 71.1 Å². The van der Waals surface area contributed by atoms with Crippen LogP contribution in [-0.4, -0.2) is 93.1 Å². The Kier molecular flexibility index (Phi) is 11.4. The molecular weight excluding hydrogens is 725 g/mol. The summed E-state index contributed by atoms with van der Waals surface area (Å²) in [7, 11) is 2.61. The average Bonchev–Trinajstić information content (AvgIpc) is 3.98. The van der Waals surface area contributed by atoms with Gasteiger partial charge in [-0.15, -0.1) is 0 Å². The Morgan fingerprint density at radius 2 is 1.35 bits per heavy atom. The van der Waals surface area contributed by atoms with Crippen LogP contribution in [0.3, 0.4) is 0 Å². The van der Waals surface area contributed by atoms with Crippen LogP contribution in [0.1, 0.15) is 70.7 Å². The number of primary amides is 1. The second-order valence-corrected chi connectivity index (χ2v) is 15.5. The van der Waals surface area contributed by atoms with E-state index in [9.17, 15) is 19.2 Å². The van der Waals surface area contributed by atoms with Crippen LogP contribution >= 0.6 is 0 Å². The number of hydrogen-bond donors (Lipinski definition) is 4. The Bertz CT molecular complexity index is 2250. The molecule has 0 bridgehead atoms. The Hall–Kier alpha value is -6.02. The van der Waals surface area contributed by atoms with Crippen LogP contribution in [0.25, 0.3) is 44.5 Å². The number of quaternary nitrogens is 1. The molecule has 4 amide bonds. The predicted molar refractivity (Wildman–Crippen MR) is 214 cm³/mol. The first-order valence-electron chi connectivity index (χ1n) is 19.6. The zero-order valence-corrected chi connectivity index (χ0v) is 33.2. The number of benzene rings is 3. The van der Waals surface area contributed by atoms with Gasteiger partial charge in [0.05, 0.1) is 49.2 Å². The second kappa shape index (κ2) is 16.6. The quantitative estimate of drug-likeness (QED) is 0.127. The maximum atomic E-state index is 13.6. The lowest BCUT2D eigenvalue weighted by Crippen LogP contribution is -2.96. The molecule has 57 heavy (non-hydrogen) atoms. The van der Waals surface area contributed by atoms with Gasteiger partial charge in [-0.1, -0.05) is 82.3 Å². The lowest BCUT2D eigenvalue weighted by molar-refractivity contribution is -0.601. The fourth-order valence-corrected chi connectivity index (χ4v) is 7.80. The van der Waals surface area contributed by atoms with E-state index >= 15 is 0 Å². The van der Waals surface area contributed by atoms with Crippen molar-refractivity contribution < 1.29 is 34.0 Å². The van der Waals surface area contributed by atoms with Gasteiger partial charge >= 0.3 is 12.2 Å². The molecule has 14 heteroatoms. The summed E-state index contributed by atoms with van der Waals surface area (Å²) < 4.78 is 9.55. The normalized spacial score (nSPS) is 17.8. The average molecular weight is 776 g/mol. The molecule has 2 aliphatic rings. The van der Waals surface area contributed by atoms with Crippen molar-refractivity contribution in [1.82, 2.24) is 35.1 Å². The number of fused-ring (bicyclic) bond motifs is 1. The molecule has 4 unspecified atom stereocenters. The highest BCUT2D eigenvalue weighted by molar-refractivity contribution is 5.87. The van der Waals surface area contributed by atoms with E-state index in [1.54, 1.807) is 4.90 Å². The third-order valence-electron chi connectivity index (χ3n) is 11.2. The van der Waals surface area contributed by atoms with Gasteiger partial charge in [-0.3, -0.25) is 9.59 Å². The monoisotopic (exact) mass is 775 g/mol. The maximum absolute atomic E-state index is 13.6. The number of carbonyl (C=O) groups excluding carboxylic acids is 4. The minimum Gasteiger partial charge on any atom is -0.453 e. The van der Waals surface area contributed by atoms with Crippen LogP contribution in [0, 0.1) is 11.8 Å². The smallest absolute Gasteiger partial charge is 0.453 e. The van der Waals surface area contributed by atoms with E-state index in [0.29, 0.717) is 13.1 Å². The number of methoxy groups -OCH3 is 2. The van der Waals surface area contributed by atoms with E-state index in [1.807, 2.05) is 44.9 Å². The van der Waals surface area contributed by atoms with Gasteiger partial charge in [-0.25, -0.2) is 20.1 Å². The van der Waals surface area contributed by atoms with E-state index in [-0.39, 0.29) is 35.7 Å². The third kappa shape index (κ3) is 8.13. The number of nitrogens with one attached hydrogen (secondary N) is 3. The van der Waals surface area contributed by atoms with Gasteiger partial charge in [-0.05, 0) is 65.1 Å². The molecule has 0 radical (unpaired) electrons. The van der Waals surface area contributed by atoms with Crippen molar-refractivity contribution >= 4 is 35.0 Å². The lowest BCUT2D eigenvalue weighted by Gasteiger charge is -2.42. The summed E-state index contributed by atoms with van der Waals surface area (Å²) >= 11 is 0. The molecule has 298 valence electrons. The highest BCUT2D eigenvalue weighted by atomic mass is 16.5. The number of carbonyl (C=O) groups is 4. The van der Waals surface area contributed by atoms with Gasteiger partial charge in [0.15, 0.2) is 6.04 Å². The Morgan fingerprint density at radius 1 is 0.737 bits per heavy atom. The van der Waals surface area contributed by atoms with Crippen molar-refractivity contribution in [2.75, 3.05) is 27.3 Å². The fourth-order valence-electron chi connectivity index (χ4n) is 7.80. The highest BCUT2D eigenvalue weighted by Crippen LogP contribution is 2.36. The molecule has 4 heterocycles. The largest absolute Gasteiger partial charge is 0.513 e. The first-order chi connectivity index (χ1) is 27.4. The predicted octanol–water partition coefficient (Wildman–Crippen LogP) is 5.96. The van der Waals surface area contributed by atoms with E-state index in [4.69, 9.17) is 14.5 Å². The van der Waals surface area contributed by atoms with Crippen LogP contribution in [0.15, 0.2) is 72.9 Å². The Balaban J connectivity index is 1.01. The van der Waals surface area contributed by atoms with E-state index in [0.717, 1.165) is 75.5 Å². The molecule has 0 saturated carbocycles. The van der Waals surface area contributed by atoms with Gasteiger partial charge in [0, 0.05) is 19.0 Å². The zero-order valence-electron chi connectivity index (χ0n) is 33.2. The molecule has 5 N–H and O–H groups in total. The number of aromatic nitrogens is 4. The Labute approximate surface area is 331 Å². The molecule has 2 fully saturated rings. The van der Waals surface area contributed by atoms with Crippen molar-refractivity contribution in [3.8, 4) is 33.5 Å². The van der Waals surface area contributed by atoms with E-state index in [2.05, 4.69) is 80.9 Å². The Morgan fingerprint density at radius 3 is 1.95 bits per heavy atom. The molecule has 0 spiro atoms. The van der Waals surface area contributed by atoms with Gasteiger partial charge < -0.3 is 34.6 Å². The molecule has 2 aromatic heterocycles. The molecule has 0 aliphatic carbocycles. The first-order valence-corrected chi connectivity index (χ1v) is 19.6. The number of nitrogens with zero attached hydrogens (tertiary/aromatic N) is 4. The summed E-state index contributed by atoms with van der Waals surface area (Å²) in [4.78, 5) is 70.9. The zero-order chi connectivity index (χ0) is 40.4. The third-order valence-corrected chi connectivity index (χ3v) is 11.2. The van der Waals surface area contributed by atoms with Crippen molar-refractivity contribution in [2.24, 2.45) is 11.8 Å². The molecule has 14 nitrogen and oxygen atoms in total. The van der Waals surface area contributed by atoms with Crippen LogP contribution in [0.5, 0.6) is 0 Å². The number of ether oxygens (including phenoxy) is 2. The van der Waals surface area contributed by atoms with Crippen molar-refractivity contribution in [3.05, 3.63) is 84.6 Å². The molecule has 4 atom stereocenters. The molecule has 2 aliphatic heterocycles. The van der Waals surface area contributed by atoms with Crippen LogP contribution in [0.4, 0.5) is 9.59 Å². The number of amides is 4. The molecular formula is C43H51N8O6+. The first kappa shape index (κ1) is 39.2. The van der Waals surface area contributed by atoms with Crippen LogP contribution in [0.2, 0.25) is 0 Å². The number of rotatable bonds is 11. The van der Waals surface area contributed by atoms with Gasteiger partial charge in [0.25, 0.3) is 5.91 Å². The van der Waals surface area contributed by atoms with Crippen molar-refractivity contribution in [1.29, 1.82) is 0 Å². The number of likely N-dealkylation sites (tertiary alicyclic amines) is 2. The number of hydrogen-bond acceptors (Lipinski definition) is 8. The lowest BCUT2D eigenvalue weighted by atomic mass is 9.96. The van der Waals surface area contributed by atoms with Gasteiger partial charge in [0.1, 0.15) is 17.7 Å².